The van der Waals surface area contributed by atoms with Crippen LogP contribution in [0.3, 0.4) is 0 Å². The highest BCUT2D eigenvalue weighted by Crippen LogP contribution is 2.24. The number of aromatic amines is 1. The zero-order valence-electron chi connectivity index (χ0n) is 10.8. The van der Waals surface area contributed by atoms with Gasteiger partial charge in [-0.25, -0.2) is 9.89 Å². The minimum Gasteiger partial charge on any atom is -0.496 e. The van der Waals surface area contributed by atoms with Crippen molar-refractivity contribution in [2.75, 3.05) is 12.5 Å². The average molecular weight is 338 g/mol. The van der Waals surface area contributed by atoms with Crippen LogP contribution < -0.4 is 15.9 Å². The second kappa shape index (κ2) is 6.29. The molecule has 1 aromatic carbocycles. The molecular weight excluding hydrogens is 326 g/mol. The summed E-state index contributed by atoms with van der Waals surface area (Å²) in [4.78, 5) is 14.8. The van der Waals surface area contributed by atoms with E-state index >= 15 is 0 Å². The minimum atomic E-state index is -0.527. The summed E-state index contributed by atoms with van der Waals surface area (Å²) >= 11 is 3.39. The first-order valence-corrected chi connectivity index (χ1v) is 6.45. The maximum Gasteiger partial charge on any atom is 0.363 e. The SMILES string of the molecule is COc1ccc(/C=N\Nc2nc(=O)[nH]nc2C)cc1Br. The third-order valence-corrected chi connectivity index (χ3v) is 3.05. The monoisotopic (exact) mass is 337 g/mol. The van der Waals surface area contributed by atoms with Gasteiger partial charge in [0.2, 0.25) is 0 Å². The number of hydrazone groups is 1. The summed E-state index contributed by atoms with van der Waals surface area (Å²) in [5.41, 5.74) is 3.57. The topological polar surface area (TPSA) is 92.3 Å². The van der Waals surface area contributed by atoms with Crippen molar-refractivity contribution in [2.45, 2.75) is 6.92 Å². The Labute approximate surface area is 123 Å². The molecule has 104 valence electrons. The lowest BCUT2D eigenvalue weighted by atomic mass is 10.2. The van der Waals surface area contributed by atoms with E-state index in [2.05, 4.69) is 41.6 Å². The molecule has 7 nitrogen and oxygen atoms in total. The number of anilines is 1. The first-order chi connectivity index (χ1) is 9.60. The van der Waals surface area contributed by atoms with E-state index < -0.39 is 5.69 Å². The molecule has 2 rings (SSSR count). The first kappa shape index (κ1) is 14.2. The highest BCUT2D eigenvalue weighted by atomic mass is 79.9. The smallest absolute Gasteiger partial charge is 0.363 e. The molecule has 0 atom stereocenters. The lowest BCUT2D eigenvalue weighted by molar-refractivity contribution is 0.412. The van der Waals surface area contributed by atoms with Crippen LogP contribution in [0.15, 0.2) is 32.6 Å². The largest absolute Gasteiger partial charge is 0.496 e. The molecule has 0 fully saturated rings. The number of nitrogens with zero attached hydrogens (tertiary/aromatic N) is 3. The second-order valence-corrected chi connectivity index (χ2v) is 4.69. The van der Waals surface area contributed by atoms with E-state index in [1.54, 1.807) is 20.2 Å². The van der Waals surface area contributed by atoms with Crippen molar-refractivity contribution in [3.05, 3.63) is 44.4 Å². The Kier molecular flexibility index (Phi) is 4.46. The Morgan fingerprint density at radius 2 is 2.30 bits per heavy atom. The van der Waals surface area contributed by atoms with Gasteiger partial charge in [-0.2, -0.15) is 15.2 Å². The summed E-state index contributed by atoms with van der Waals surface area (Å²) in [5, 5.41) is 10.0. The molecule has 0 amide bonds. The van der Waals surface area contributed by atoms with E-state index in [4.69, 9.17) is 4.74 Å². The van der Waals surface area contributed by atoms with E-state index in [0.29, 0.717) is 11.5 Å². The average Bonchev–Trinajstić information content (AvgIpc) is 2.43. The summed E-state index contributed by atoms with van der Waals surface area (Å²) in [6.07, 6.45) is 1.60. The van der Waals surface area contributed by atoms with E-state index in [0.717, 1.165) is 15.8 Å². The summed E-state index contributed by atoms with van der Waals surface area (Å²) in [6, 6.07) is 5.54. The van der Waals surface area contributed by atoms with Crippen molar-refractivity contribution in [2.24, 2.45) is 5.10 Å². The third-order valence-electron chi connectivity index (χ3n) is 2.44. The fourth-order valence-electron chi connectivity index (χ4n) is 1.43. The molecular formula is C12H12BrN5O2. The van der Waals surface area contributed by atoms with Gasteiger partial charge in [0.25, 0.3) is 0 Å². The molecule has 0 aliphatic rings. The van der Waals surface area contributed by atoms with E-state index in [-0.39, 0.29) is 0 Å². The number of hydrogen-bond donors (Lipinski definition) is 2. The molecule has 0 aliphatic heterocycles. The number of rotatable bonds is 4. The Balaban J connectivity index is 2.12. The molecule has 0 saturated carbocycles. The first-order valence-electron chi connectivity index (χ1n) is 5.66. The molecule has 0 aliphatic carbocycles. The molecule has 8 heteroatoms. The second-order valence-electron chi connectivity index (χ2n) is 3.84. The van der Waals surface area contributed by atoms with Crippen LogP contribution in [0.25, 0.3) is 0 Å². The summed E-state index contributed by atoms with van der Waals surface area (Å²) in [7, 11) is 1.60. The normalized spacial score (nSPS) is 10.8. The van der Waals surface area contributed by atoms with E-state index in [1.165, 1.54) is 0 Å². The van der Waals surface area contributed by atoms with Gasteiger partial charge < -0.3 is 4.74 Å². The molecule has 0 unspecified atom stereocenters. The molecule has 20 heavy (non-hydrogen) atoms. The van der Waals surface area contributed by atoms with Gasteiger partial charge in [-0.1, -0.05) is 0 Å². The van der Waals surface area contributed by atoms with Gasteiger partial charge in [-0.15, -0.1) is 0 Å². The molecule has 2 N–H and O–H groups in total. The molecule has 0 radical (unpaired) electrons. The number of benzene rings is 1. The van der Waals surface area contributed by atoms with Crippen molar-refractivity contribution in [3.63, 3.8) is 0 Å². The molecule has 2 aromatic rings. The van der Waals surface area contributed by atoms with Crippen LogP contribution in [0.4, 0.5) is 5.82 Å². The van der Waals surface area contributed by atoms with Crippen molar-refractivity contribution < 1.29 is 4.74 Å². The molecule has 0 bridgehead atoms. The zero-order chi connectivity index (χ0) is 14.5. The highest BCUT2D eigenvalue weighted by molar-refractivity contribution is 9.10. The van der Waals surface area contributed by atoms with Gasteiger partial charge in [0.15, 0.2) is 5.82 Å². The maximum atomic E-state index is 11.0. The fraction of sp³-hybridized carbons (Fsp3) is 0.167. The van der Waals surface area contributed by atoms with Crippen molar-refractivity contribution in [1.29, 1.82) is 0 Å². The van der Waals surface area contributed by atoms with Gasteiger partial charge in [0, 0.05) is 0 Å². The summed E-state index contributed by atoms with van der Waals surface area (Å²) in [6.45, 7) is 1.71. The van der Waals surface area contributed by atoms with Crippen LogP contribution in [-0.4, -0.2) is 28.5 Å². The molecule has 1 aromatic heterocycles. The van der Waals surface area contributed by atoms with Crippen LogP contribution in [0.5, 0.6) is 5.75 Å². The van der Waals surface area contributed by atoms with Crippen LogP contribution in [0.2, 0.25) is 0 Å². The number of nitrogens with one attached hydrogen (secondary N) is 2. The Hall–Kier alpha value is -2.22. The van der Waals surface area contributed by atoms with Gasteiger partial charge in [0.1, 0.15) is 11.4 Å². The Morgan fingerprint density at radius 1 is 1.50 bits per heavy atom. The highest BCUT2D eigenvalue weighted by Gasteiger charge is 2.01. The van der Waals surface area contributed by atoms with Crippen LogP contribution >= 0.6 is 15.9 Å². The van der Waals surface area contributed by atoms with E-state index in [9.17, 15) is 4.79 Å². The number of aryl methyl sites for hydroxylation is 1. The third kappa shape index (κ3) is 3.41. The van der Waals surface area contributed by atoms with Crippen molar-refractivity contribution in [3.8, 4) is 5.75 Å². The number of methoxy groups -OCH3 is 1. The Morgan fingerprint density at radius 3 is 3.00 bits per heavy atom. The predicted octanol–water partition coefficient (Wildman–Crippen LogP) is 1.69. The number of H-pyrrole nitrogens is 1. The standard InChI is InChI=1S/C12H12BrN5O2/c1-7-11(15-12(19)18-16-7)17-14-6-8-3-4-10(20-2)9(13)5-8/h3-6H,1-2H3,(H2,15,17,18,19)/b14-6-. The summed E-state index contributed by atoms with van der Waals surface area (Å²) < 4.78 is 5.97. The minimum absolute atomic E-state index is 0.317. The molecule has 1 heterocycles. The maximum absolute atomic E-state index is 11.0. The number of aromatic nitrogens is 3. The van der Waals surface area contributed by atoms with Crippen LogP contribution in [0.1, 0.15) is 11.3 Å². The number of halogens is 1. The van der Waals surface area contributed by atoms with Gasteiger partial charge in [-0.3, -0.25) is 5.43 Å². The lowest BCUT2D eigenvalue weighted by Crippen LogP contribution is -2.15. The van der Waals surface area contributed by atoms with E-state index in [1.807, 2.05) is 18.2 Å². The number of hydrogen-bond acceptors (Lipinski definition) is 6. The quantitative estimate of drug-likeness (QED) is 0.654. The number of ether oxygens (including phenoxy) is 1. The predicted molar refractivity (Wildman–Crippen MR) is 79.3 cm³/mol. The molecule has 0 spiro atoms. The Bertz CT molecular complexity index is 698. The van der Waals surface area contributed by atoms with Crippen LogP contribution in [-0.2, 0) is 0 Å². The van der Waals surface area contributed by atoms with Crippen molar-refractivity contribution in [1.82, 2.24) is 15.2 Å². The van der Waals surface area contributed by atoms with Crippen LogP contribution in [0, 0.1) is 6.92 Å². The lowest BCUT2D eigenvalue weighted by Gasteiger charge is -2.03. The van der Waals surface area contributed by atoms with Gasteiger partial charge in [-0.05, 0) is 46.6 Å². The fourth-order valence-corrected chi connectivity index (χ4v) is 1.99. The molecule has 0 saturated heterocycles. The van der Waals surface area contributed by atoms with Gasteiger partial charge >= 0.3 is 5.69 Å². The van der Waals surface area contributed by atoms with Crippen molar-refractivity contribution >= 4 is 28.0 Å². The summed E-state index contributed by atoms with van der Waals surface area (Å²) in [5.74, 6) is 1.06. The zero-order valence-corrected chi connectivity index (χ0v) is 12.4. The van der Waals surface area contributed by atoms with Gasteiger partial charge in [0.05, 0.1) is 17.8 Å².